The van der Waals surface area contributed by atoms with Crippen LogP contribution in [0.5, 0.6) is 11.5 Å². The van der Waals surface area contributed by atoms with Gasteiger partial charge in [0.05, 0.1) is 16.5 Å². The van der Waals surface area contributed by atoms with Crippen molar-refractivity contribution in [1.29, 1.82) is 0 Å². The number of nitrogens with one attached hydrogen (secondary N) is 1. The van der Waals surface area contributed by atoms with Crippen molar-refractivity contribution in [3.8, 4) is 11.5 Å². The van der Waals surface area contributed by atoms with Gasteiger partial charge in [-0.1, -0.05) is 24.3 Å². The highest BCUT2D eigenvalue weighted by Crippen LogP contribution is 2.39. The number of benzene rings is 2. The van der Waals surface area contributed by atoms with Crippen LogP contribution in [0.1, 0.15) is 5.56 Å². The molecule has 7 nitrogen and oxygen atoms in total. The molecule has 1 heterocycles. The number of para-hydroxylation sites is 1. The summed E-state index contributed by atoms with van der Waals surface area (Å²) in [5, 5.41) is 2.40. The third-order valence-corrected chi connectivity index (χ3v) is 5.64. The summed E-state index contributed by atoms with van der Waals surface area (Å²) >= 11 is 4.29. The van der Waals surface area contributed by atoms with Gasteiger partial charge in [0.2, 0.25) is 0 Å². The normalized spacial score (nSPS) is 14.6. The maximum Gasteiger partial charge on any atom is 0.293 e. The molecule has 31 heavy (non-hydrogen) atoms. The zero-order valence-electron chi connectivity index (χ0n) is 16.6. The number of rotatable bonds is 8. The standard InChI is InChI=1S/C22H19BrN2O5S/c1-3-9-25-21(27)18(31-22(25)28)12-14-10-16(23)20(17(11-14)29-2)30-13-19(26)24-15-7-5-4-6-8-15/h3-8,10-12H,1,9,13H2,2H3,(H,24,26)/b18-12+. The molecular weight excluding hydrogens is 484 g/mol. The van der Waals surface area contributed by atoms with Crippen LogP contribution in [0.15, 0.2) is 64.5 Å². The lowest BCUT2D eigenvalue weighted by Gasteiger charge is -2.14. The number of nitrogens with zero attached hydrogens (tertiary/aromatic N) is 1. The van der Waals surface area contributed by atoms with Gasteiger partial charge in [-0.2, -0.15) is 0 Å². The first kappa shape index (κ1) is 22.6. The van der Waals surface area contributed by atoms with Gasteiger partial charge in [0, 0.05) is 12.2 Å². The molecule has 0 bridgehead atoms. The molecule has 3 rings (SSSR count). The Morgan fingerprint density at radius 2 is 2.00 bits per heavy atom. The minimum absolute atomic E-state index is 0.160. The number of methoxy groups -OCH3 is 1. The summed E-state index contributed by atoms with van der Waals surface area (Å²) in [4.78, 5) is 38.0. The first-order valence-electron chi connectivity index (χ1n) is 9.14. The van der Waals surface area contributed by atoms with Crippen LogP contribution in [-0.2, 0) is 9.59 Å². The molecular formula is C22H19BrN2O5S. The zero-order valence-corrected chi connectivity index (χ0v) is 19.0. The Balaban J connectivity index is 1.74. The van der Waals surface area contributed by atoms with Gasteiger partial charge in [-0.05, 0) is 63.6 Å². The third kappa shape index (κ3) is 5.56. The van der Waals surface area contributed by atoms with Gasteiger partial charge in [-0.25, -0.2) is 0 Å². The Kier molecular flexibility index (Phi) is 7.54. The lowest BCUT2D eigenvalue weighted by molar-refractivity contribution is -0.122. The van der Waals surface area contributed by atoms with Crippen LogP contribution in [0.4, 0.5) is 10.5 Å². The Morgan fingerprint density at radius 3 is 2.68 bits per heavy atom. The molecule has 0 radical (unpaired) electrons. The van der Waals surface area contributed by atoms with E-state index in [2.05, 4.69) is 27.8 Å². The van der Waals surface area contributed by atoms with Crippen molar-refractivity contribution in [3.63, 3.8) is 0 Å². The molecule has 0 aliphatic carbocycles. The van der Waals surface area contributed by atoms with Crippen molar-refractivity contribution in [2.24, 2.45) is 0 Å². The van der Waals surface area contributed by atoms with Crippen LogP contribution in [0, 0.1) is 0 Å². The number of hydrogen-bond donors (Lipinski definition) is 1. The smallest absolute Gasteiger partial charge is 0.293 e. The van der Waals surface area contributed by atoms with E-state index in [1.165, 1.54) is 13.2 Å². The van der Waals surface area contributed by atoms with Gasteiger partial charge in [0.25, 0.3) is 17.1 Å². The van der Waals surface area contributed by atoms with E-state index in [1.807, 2.05) is 18.2 Å². The van der Waals surface area contributed by atoms with Crippen LogP contribution in [0.25, 0.3) is 6.08 Å². The second-order valence-corrected chi connectivity index (χ2v) is 8.17. The highest BCUT2D eigenvalue weighted by Gasteiger charge is 2.34. The fourth-order valence-corrected chi connectivity index (χ4v) is 4.18. The molecule has 1 N–H and O–H groups in total. The Hall–Kier alpha value is -3.04. The van der Waals surface area contributed by atoms with Gasteiger partial charge >= 0.3 is 0 Å². The molecule has 2 aromatic rings. The lowest BCUT2D eigenvalue weighted by atomic mass is 10.2. The van der Waals surface area contributed by atoms with Gasteiger partial charge in [-0.3, -0.25) is 19.3 Å². The number of hydrogen-bond acceptors (Lipinski definition) is 6. The number of carbonyl (C=O) groups is 3. The highest BCUT2D eigenvalue weighted by molar-refractivity contribution is 9.10. The summed E-state index contributed by atoms with van der Waals surface area (Å²) in [5.41, 5.74) is 1.30. The molecule has 9 heteroatoms. The maximum atomic E-state index is 12.4. The molecule has 0 unspecified atom stereocenters. The van der Waals surface area contributed by atoms with Gasteiger partial charge in [0.1, 0.15) is 0 Å². The second kappa shape index (κ2) is 10.3. The van der Waals surface area contributed by atoms with E-state index in [0.29, 0.717) is 32.1 Å². The van der Waals surface area contributed by atoms with Crippen LogP contribution in [0.3, 0.4) is 0 Å². The summed E-state index contributed by atoms with van der Waals surface area (Å²) in [7, 11) is 1.47. The molecule has 1 saturated heterocycles. The number of carbonyl (C=O) groups excluding carboxylic acids is 3. The SMILES string of the molecule is C=CCN1C(=O)S/C(=C/c2cc(Br)c(OCC(=O)Nc3ccccc3)c(OC)c2)C1=O. The van der Waals surface area contributed by atoms with Crippen molar-refractivity contribution < 1.29 is 23.9 Å². The molecule has 1 aliphatic rings. The first-order chi connectivity index (χ1) is 14.9. The van der Waals surface area contributed by atoms with E-state index >= 15 is 0 Å². The molecule has 1 fully saturated rings. The molecule has 0 saturated carbocycles. The average molecular weight is 503 g/mol. The predicted molar refractivity (Wildman–Crippen MR) is 124 cm³/mol. The fraction of sp³-hybridized carbons (Fsp3) is 0.136. The predicted octanol–water partition coefficient (Wildman–Crippen LogP) is 4.70. The lowest BCUT2D eigenvalue weighted by Crippen LogP contribution is -2.27. The topological polar surface area (TPSA) is 84.9 Å². The van der Waals surface area contributed by atoms with Crippen molar-refractivity contribution in [2.45, 2.75) is 0 Å². The maximum absolute atomic E-state index is 12.4. The monoisotopic (exact) mass is 502 g/mol. The molecule has 2 aromatic carbocycles. The number of anilines is 1. The van der Waals surface area contributed by atoms with Crippen LogP contribution < -0.4 is 14.8 Å². The van der Waals surface area contributed by atoms with Gasteiger partial charge in [-0.15, -0.1) is 6.58 Å². The third-order valence-electron chi connectivity index (χ3n) is 4.14. The molecule has 0 atom stereocenters. The van der Waals surface area contributed by atoms with Gasteiger partial charge < -0.3 is 14.8 Å². The van der Waals surface area contributed by atoms with Crippen molar-refractivity contribution in [2.75, 3.05) is 25.6 Å². The van der Waals surface area contributed by atoms with Crippen molar-refractivity contribution in [3.05, 3.63) is 70.1 Å². The minimum Gasteiger partial charge on any atom is -0.493 e. The summed E-state index contributed by atoms with van der Waals surface area (Å²) in [6.07, 6.45) is 3.10. The summed E-state index contributed by atoms with van der Waals surface area (Å²) in [6, 6.07) is 12.4. The van der Waals surface area contributed by atoms with Crippen LogP contribution in [-0.4, -0.2) is 42.2 Å². The number of imide groups is 1. The van der Waals surface area contributed by atoms with E-state index < -0.39 is 0 Å². The minimum atomic E-state index is -0.372. The molecule has 160 valence electrons. The largest absolute Gasteiger partial charge is 0.493 e. The average Bonchev–Trinajstić information content (AvgIpc) is 3.01. The number of amides is 3. The van der Waals surface area contributed by atoms with Crippen LogP contribution >= 0.6 is 27.7 Å². The highest BCUT2D eigenvalue weighted by atomic mass is 79.9. The first-order valence-corrected chi connectivity index (χ1v) is 10.8. The van der Waals surface area contributed by atoms with E-state index in [1.54, 1.807) is 30.3 Å². The molecule has 0 aromatic heterocycles. The fourth-order valence-electron chi connectivity index (χ4n) is 2.76. The second-order valence-electron chi connectivity index (χ2n) is 6.32. The van der Waals surface area contributed by atoms with E-state index in [9.17, 15) is 14.4 Å². The number of thioether (sulfide) groups is 1. The molecule has 3 amide bonds. The summed E-state index contributed by atoms with van der Waals surface area (Å²) in [6.45, 7) is 3.50. The Morgan fingerprint density at radius 1 is 1.26 bits per heavy atom. The Labute approximate surface area is 192 Å². The number of ether oxygens (including phenoxy) is 2. The number of halogens is 1. The van der Waals surface area contributed by atoms with Crippen molar-refractivity contribution >= 4 is 56.5 Å². The summed E-state index contributed by atoms with van der Waals surface area (Å²) in [5.74, 6) is 0.0316. The van der Waals surface area contributed by atoms with Crippen molar-refractivity contribution in [1.82, 2.24) is 4.90 Å². The molecule has 1 aliphatic heterocycles. The van der Waals surface area contributed by atoms with Gasteiger partial charge in [0.15, 0.2) is 18.1 Å². The molecule has 0 spiro atoms. The Bertz CT molecular complexity index is 1060. The van der Waals surface area contributed by atoms with E-state index in [0.717, 1.165) is 16.7 Å². The zero-order chi connectivity index (χ0) is 22.4. The van der Waals surface area contributed by atoms with Crippen LogP contribution in [0.2, 0.25) is 0 Å². The van der Waals surface area contributed by atoms with E-state index in [-0.39, 0.29) is 30.2 Å². The quantitative estimate of drug-likeness (QED) is 0.416. The van der Waals surface area contributed by atoms with E-state index in [4.69, 9.17) is 9.47 Å². The summed E-state index contributed by atoms with van der Waals surface area (Å²) < 4.78 is 11.6.